The quantitative estimate of drug-likeness (QED) is 0.881. The van der Waals surface area contributed by atoms with E-state index < -0.39 is 11.9 Å². The average molecular weight is 279 g/mol. The van der Waals surface area contributed by atoms with Gasteiger partial charge in [-0.2, -0.15) is 0 Å². The molecule has 0 unspecified atom stereocenters. The number of anilines is 1. The molecule has 0 bridgehead atoms. The zero-order valence-electron chi connectivity index (χ0n) is 9.37. The highest BCUT2D eigenvalue weighted by Gasteiger charge is 2.15. The fraction of sp³-hybridized carbons (Fsp3) is 0. The van der Waals surface area contributed by atoms with Crippen LogP contribution in [0.15, 0.2) is 30.5 Å². The second kappa shape index (κ2) is 5.40. The van der Waals surface area contributed by atoms with Crippen LogP contribution in [0.4, 0.5) is 5.82 Å². The van der Waals surface area contributed by atoms with Crippen molar-refractivity contribution in [3.05, 3.63) is 46.9 Å². The smallest absolute Gasteiger partial charge is 0.339 e. The van der Waals surface area contributed by atoms with Gasteiger partial charge >= 0.3 is 5.97 Å². The van der Waals surface area contributed by atoms with E-state index in [4.69, 9.17) is 16.7 Å². The van der Waals surface area contributed by atoms with Crippen molar-refractivity contribution in [3.8, 4) is 0 Å². The van der Waals surface area contributed by atoms with E-state index in [-0.39, 0.29) is 22.2 Å². The summed E-state index contributed by atoms with van der Waals surface area (Å²) >= 11 is 5.55. The molecule has 96 valence electrons. The molecule has 2 aromatic rings. The van der Waals surface area contributed by atoms with Crippen molar-refractivity contribution < 1.29 is 14.7 Å². The molecule has 0 saturated carbocycles. The third-order valence-corrected chi connectivity index (χ3v) is 2.34. The summed E-state index contributed by atoms with van der Waals surface area (Å²) in [6.07, 6.45) is 1.37. The molecule has 0 aliphatic heterocycles. The number of halogens is 1. The zero-order valence-corrected chi connectivity index (χ0v) is 10.1. The minimum Gasteiger partial charge on any atom is -0.478 e. The monoisotopic (exact) mass is 278 g/mol. The Morgan fingerprint density at radius 1 is 1.21 bits per heavy atom. The summed E-state index contributed by atoms with van der Waals surface area (Å²) < 4.78 is 0. The first kappa shape index (κ1) is 12.9. The molecule has 0 atom stereocenters. The van der Waals surface area contributed by atoms with Gasteiger partial charge in [-0.15, -0.1) is 10.2 Å². The van der Waals surface area contributed by atoms with Crippen LogP contribution < -0.4 is 5.32 Å². The van der Waals surface area contributed by atoms with Crippen molar-refractivity contribution in [2.24, 2.45) is 0 Å². The molecule has 0 aliphatic rings. The molecule has 2 N–H and O–H groups in total. The molecule has 0 radical (unpaired) electrons. The maximum Gasteiger partial charge on any atom is 0.339 e. The highest BCUT2D eigenvalue weighted by Crippen LogP contribution is 2.12. The van der Waals surface area contributed by atoms with Crippen molar-refractivity contribution in [1.29, 1.82) is 0 Å². The first-order valence-electron chi connectivity index (χ1n) is 5.07. The summed E-state index contributed by atoms with van der Waals surface area (Å²) in [5.41, 5.74) is -0.107. The summed E-state index contributed by atoms with van der Waals surface area (Å²) in [6.45, 7) is 0. The standard InChI is InChI=1S/C11H7ClN4O3/c12-8-4-3-7(15-16-8)10(17)14-9-6(11(18)19)2-1-5-13-9/h1-5H,(H,18,19)(H,13,14,17). The Balaban J connectivity index is 2.24. The number of carbonyl (C=O) groups excluding carboxylic acids is 1. The number of nitrogens with one attached hydrogen (secondary N) is 1. The largest absolute Gasteiger partial charge is 0.478 e. The van der Waals surface area contributed by atoms with Crippen LogP contribution in [0, 0.1) is 0 Å². The number of amides is 1. The number of aromatic carboxylic acids is 1. The third kappa shape index (κ3) is 3.02. The Labute approximate surface area is 112 Å². The van der Waals surface area contributed by atoms with Crippen LogP contribution in [-0.4, -0.2) is 32.2 Å². The molecule has 0 aliphatic carbocycles. The molecule has 19 heavy (non-hydrogen) atoms. The van der Waals surface area contributed by atoms with Crippen LogP contribution >= 0.6 is 11.6 Å². The molecular formula is C11H7ClN4O3. The lowest BCUT2D eigenvalue weighted by molar-refractivity contribution is 0.0697. The first-order valence-corrected chi connectivity index (χ1v) is 5.44. The van der Waals surface area contributed by atoms with Gasteiger partial charge in [0.15, 0.2) is 10.8 Å². The van der Waals surface area contributed by atoms with Gasteiger partial charge in [-0.05, 0) is 24.3 Å². The molecule has 2 heterocycles. The molecule has 8 heteroatoms. The Morgan fingerprint density at radius 3 is 2.63 bits per heavy atom. The molecule has 0 aromatic carbocycles. The summed E-state index contributed by atoms with van der Waals surface area (Å²) in [6, 6.07) is 5.56. The lowest BCUT2D eigenvalue weighted by Crippen LogP contribution is -2.17. The predicted molar refractivity (Wildman–Crippen MR) is 66.2 cm³/mol. The maximum atomic E-state index is 11.8. The van der Waals surface area contributed by atoms with Gasteiger partial charge in [0.05, 0.1) is 0 Å². The number of nitrogens with zero attached hydrogens (tertiary/aromatic N) is 3. The fourth-order valence-electron chi connectivity index (χ4n) is 1.29. The molecule has 0 fully saturated rings. The molecule has 2 aromatic heterocycles. The van der Waals surface area contributed by atoms with Crippen LogP contribution in [0.3, 0.4) is 0 Å². The summed E-state index contributed by atoms with van der Waals surface area (Å²) in [4.78, 5) is 26.6. The van der Waals surface area contributed by atoms with Gasteiger partial charge in [-0.1, -0.05) is 11.6 Å². The number of carboxylic acids is 1. The lowest BCUT2D eigenvalue weighted by Gasteiger charge is -2.06. The lowest BCUT2D eigenvalue weighted by atomic mass is 10.2. The summed E-state index contributed by atoms with van der Waals surface area (Å²) in [7, 11) is 0. The van der Waals surface area contributed by atoms with E-state index in [1.807, 2.05) is 0 Å². The van der Waals surface area contributed by atoms with Crippen LogP contribution in [0.5, 0.6) is 0 Å². The minimum atomic E-state index is -1.19. The van der Waals surface area contributed by atoms with Crippen molar-refractivity contribution in [2.75, 3.05) is 5.32 Å². The third-order valence-electron chi connectivity index (χ3n) is 2.13. The van der Waals surface area contributed by atoms with Crippen LogP contribution in [0.1, 0.15) is 20.8 Å². The first-order chi connectivity index (χ1) is 9.08. The molecular weight excluding hydrogens is 272 g/mol. The fourth-order valence-corrected chi connectivity index (χ4v) is 1.39. The predicted octanol–water partition coefficient (Wildman–Crippen LogP) is 1.48. The topological polar surface area (TPSA) is 105 Å². The molecule has 0 saturated heterocycles. The van der Waals surface area contributed by atoms with E-state index in [1.54, 1.807) is 0 Å². The van der Waals surface area contributed by atoms with E-state index in [0.29, 0.717) is 0 Å². The number of hydrogen-bond acceptors (Lipinski definition) is 5. The van der Waals surface area contributed by atoms with Crippen LogP contribution in [0.25, 0.3) is 0 Å². The molecule has 0 spiro atoms. The van der Waals surface area contributed by atoms with E-state index >= 15 is 0 Å². The van der Waals surface area contributed by atoms with E-state index in [1.165, 1.54) is 30.5 Å². The number of aromatic nitrogens is 3. The molecule has 7 nitrogen and oxygen atoms in total. The summed E-state index contributed by atoms with van der Waals surface area (Å²) in [5.74, 6) is -1.87. The Morgan fingerprint density at radius 2 is 2.00 bits per heavy atom. The maximum absolute atomic E-state index is 11.8. The van der Waals surface area contributed by atoms with Crippen LogP contribution in [0.2, 0.25) is 5.15 Å². The number of pyridine rings is 1. The number of carboxylic acid groups (broad SMARTS) is 1. The van der Waals surface area contributed by atoms with Crippen LogP contribution in [-0.2, 0) is 0 Å². The van der Waals surface area contributed by atoms with Gasteiger partial charge in [-0.25, -0.2) is 9.78 Å². The normalized spacial score (nSPS) is 9.95. The highest BCUT2D eigenvalue weighted by atomic mass is 35.5. The van der Waals surface area contributed by atoms with E-state index in [0.717, 1.165) is 0 Å². The Kier molecular flexibility index (Phi) is 3.67. The number of hydrogen-bond donors (Lipinski definition) is 2. The number of carbonyl (C=O) groups is 2. The minimum absolute atomic E-state index is 0.00592. The Hall–Kier alpha value is -2.54. The number of rotatable bonds is 3. The SMILES string of the molecule is O=C(Nc1ncccc1C(=O)O)c1ccc(Cl)nn1. The average Bonchev–Trinajstić information content (AvgIpc) is 2.39. The van der Waals surface area contributed by atoms with Crippen molar-refractivity contribution >= 4 is 29.3 Å². The second-order valence-electron chi connectivity index (χ2n) is 3.40. The Bertz CT molecular complexity index is 630. The van der Waals surface area contributed by atoms with Gasteiger partial charge in [0.2, 0.25) is 0 Å². The van der Waals surface area contributed by atoms with Crippen molar-refractivity contribution in [2.45, 2.75) is 0 Å². The molecule has 2 rings (SSSR count). The zero-order chi connectivity index (χ0) is 13.8. The van der Waals surface area contributed by atoms with Crippen molar-refractivity contribution in [1.82, 2.24) is 15.2 Å². The van der Waals surface area contributed by atoms with Gasteiger partial charge in [0, 0.05) is 6.20 Å². The second-order valence-corrected chi connectivity index (χ2v) is 3.79. The van der Waals surface area contributed by atoms with Crippen molar-refractivity contribution in [3.63, 3.8) is 0 Å². The van der Waals surface area contributed by atoms with Gasteiger partial charge in [-0.3, -0.25) is 4.79 Å². The summed E-state index contributed by atoms with van der Waals surface area (Å²) in [5, 5.41) is 18.6. The van der Waals surface area contributed by atoms with Gasteiger partial charge < -0.3 is 10.4 Å². The highest BCUT2D eigenvalue weighted by molar-refractivity contribution is 6.29. The van der Waals surface area contributed by atoms with Gasteiger partial charge in [0.1, 0.15) is 11.4 Å². The van der Waals surface area contributed by atoms with E-state index in [9.17, 15) is 9.59 Å². The molecule has 1 amide bonds. The van der Waals surface area contributed by atoms with E-state index in [2.05, 4.69) is 20.5 Å². The van der Waals surface area contributed by atoms with Gasteiger partial charge in [0.25, 0.3) is 5.91 Å².